The molecule has 0 amide bonds. The van der Waals surface area contributed by atoms with E-state index in [0.29, 0.717) is 6.61 Å². The summed E-state index contributed by atoms with van der Waals surface area (Å²) in [4.78, 5) is 0. The highest BCUT2D eigenvalue weighted by Gasteiger charge is 2.06. The van der Waals surface area contributed by atoms with Crippen LogP contribution in [0.3, 0.4) is 0 Å². The highest BCUT2D eigenvalue weighted by molar-refractivity contribution is 5.37. The zero-order chi connectivity index (χ0) is 10.6. The van der Waals surface area contributed by atoms with Gasteiger partial charge in [0.25, 0.3) is 0 Å². The Balaban J connectivity index is 2.99. The molecule has 0 aliphatic carbocycles. The fourth-order valence-electron chi connectivity index (χ4n) is 1.59. The van der Waals surface area contributed by atoms with Crippen LogP contribution in [0.15, 0.2) is 18.2 Å². The first kappa shape index (κ1) is 11.1. The SMILES string of the molecule is CCOc1ccc(C(C)N)c(CC)c1. The summed E-state index contributed by atoms with van der Waals surface area (Å²) in [7, 11) is 0. The van der Waals surface area contributed by atoms with E-state index >= 15 is 0 Å². The maximum atomic E-state index is 5.87. The first-order chi connectivity index (χ1) is 6.69. The molecule has 0 heterocycles. The predicted octanol–water partition coefficient (Wildman–Crippen LogP) is 2.67. The molecular formula is C12H19NO. The first-order valence-electron chi connectivity index (χ1n) is 5.20. The molecule has 0 saturated heterocycles. The van der Waals surface area contributed by atoms with E-state index in [4.69, 9.17) is 10.5 Å². The topological polar surface area (TPSA) is 35.2 Å². The van der Waals surface area contributed by atoms with Crippen molar-refractivity contribution in [2.24, 2.45) is 5.73 Å². The van der Waals surface area contributed by atoms with Gasteiger partial charge in [0.05, 0.1) is 6.61 Å². The molecule has 78 valence electrons. The average Bonchev–Trinajstić information content (AvgIpc) is 2.17. The van der Waals surface area contributed by atoms with Crippen molar-refractivity contribution in [3.8, 4) is 5.75 Å². The Morgan fingerprint density at radius 2 is 2.07 bits per heavy atom. The molecule has 2 N–H and O–H groups in total. The van der Waals surface area contributed by atoms with E-state index in [9.17, 15) is 0 Å². The molecule has 0 aliphatic heterocycles. The molecular weight excluding hydrogens is 174 g/mol. The van der Waals surface area contributed by atoms with Gasteiger partial charge in [-0.3, -0.25) is 0 Å². The second-order valence-corrected chi connectivity index (χ2v) is 3.44. The summed E-state index contributed by atoms with van der Waals surface area (Å²) in [5, 5.41) is 0. The lowest BCUT2D eigenvalue weighted by Crippen LogP contribution is -2.08. The van der Waals surface area contributed by atoms with E-state index in [2.05, 4.69) is 19.1 Å². The van der Waals surface area contributed by atoms with Crippen LogP contribution in [0.25, 0.3) is 0 Å². The van der Waals surface area contributed by atoms with E-state index in [1.54, 1.807) is 0 Å². The summed E-state index contributed by atoms with van der Waals surface area (Å²) in [6.07, 6.45) is 0.998. The molecule has 0 saturated carbocycles. The number of hydrogen-bond donors (Lipinski definition) is 1. The Kier molecular flexibility index (Phi) is 3.96. The van der Waals surface area contributed by atoms with E-state index < -0.39 is 0 Å². The molecule has 1 rings (SSSR count). The van der Waals surface area contributed by atoms with Crippen molar-refractivity contribution in [3.05, 3.63) is 29.3 Å². The Morgan fingerprint density at radius 1 is 1.36 bits per heavy atom. The molecule has 0 bridgehead atoms. The van der Waals surface area contributed by atoms with Gasteiger partial charge >= 0.3 is 0 Å². The largest absolute Gasteiger partial charge is 0.494 e. The third-order valence-electron chi connectivity index (χ3n) is 2.30. The van der Waals surface area contributed by atoms with Gasteiger partial charge in [-0.05, 0) is 43.5 Å². The Bertz CT molecular complexity index is 294. The zero-order valence-corrected chi connectivity index (χ0v) is 9.21. The second kappa shape index (κ2) is 5.01. The number of hydrogen-bond acceptors (Lipinski definition) is 2. The summed E-state index contributed by atoms with van der Waals surface area (Å²) in [6.45, 7) is 6.84. The predicted molar refractivity (Wildman–Crippen MR) is 59.6 cm³/mol. The lowest BCUT2D eigenvalue weighted by atomic mass is 10.00. The normalized spacial score (nSPS) is 12.6. The minimum atomic E-state index is 0.0978. The summed E-state index contributed by atoms with van der Waals surface area (Å²) in [5.41, 5.74) is 8.38. The van der Waals surface area contributed by atoms with Gasteiger partial charge in [-0.2, -0.15) is 0 Å². The van der Waals surface area contributed by atoms with Crippen molar-refractivity contribution in [3.63, 3.8) is 0 Å². The van der Waals surface area contributed by atoms with Gasteiger partial charge in [0.2, 0.25) is 0 Å². The van der Waals surface area contributed by atoms with Crippen molar-refractivity contribution in [2.45, 2.75) is 33.2 Å². The van der Waals surface area contributed by atoms with Crippen LogP contribution in [0.2, 0.25) is 0 Å². The number of aryl methyl sites for hydroxylation is 1. The number of nitrogens with two attached hydrogens (primary N) is 1. The molecule has 1 aromatic rings. The lowest BCUT2D eigenvalue weighted by Gasteiger charge is -2.13. The summed E-state index contributed by atoms with van der Waals surface area (Å²) >= 11 is 0. The van der Waals surface area contributed by atoms with E-state index in [1.165, 1.54) is 11.1 Å². The van der Waals surface area contributed by atoms with Crippen molar-refractivity contribution < 1.29 is 4.74 Å². The standard InChI is InChI=1S/C12H19NO/c1-4-10-8-11(14-5-2)6-7-12(10)9(3)13/h6-9H,4-5,13H2,1-3H3. The van der Waals surface area contributed by atoms with Crippen LogP contribution in [0.4, 0.5) is 0 Å². The molecule has 2 heteroatoms. The number of benzene rings is 1. The summed E-state index contributed by atoms with van der Waals surface area (Å²) in [6, 6.07) is 6.23. The fraction of sp³-hybridized carbons (Fsp3) is 0.500. The molecule has 0 fully saturated rings. The van der Waals surface area contributed by atoms with Crippen molar-refractivity contribution in [2.75, 3.05) is 6.61 Å². The molecule has 0 radical (unpaired) electrons. The van der Waals surface area contributed by atoms with Crippen LogP contribution in [-0.4, -0.2) is 6.61 Å². The third kappa shape index (κ3) is 2.48. The minimum absolute atomic E-state index is 0.0978. The van der Waals surface area contributed by atoms with E-state index in [0.717, 1.165) is 12.2 Å². The van der Waals surface area contributed by atoms with Crippen LogP contribution in [0, 0.1) is 0 Å². The highest BCUT2D eigenvalue weighted by Crippen LogP contribution is 2.22. The quantitative estimate of drug-likeness (QED) is 0.798. The summed E-state index contributed by atoms with van der Waals surface area (Å²) < 4.78 is 5.44. The number of rotatable bonds is 4. The maximum Gasteiger partial charge on any atom is 0.119 e. The van der Waals surface area contributed by atoms with Gasteiger partial charge in [-0.15, -0.1) is 0 Å². The Morgan fingerprint density at radius 3 is 2.57 bits per heavy atom. The molecule has 1 unspecified atom stereocenters. The van der Waals surface area contributed by atoms with Crippen molar-refractivity contribution >= 4 is 0 Å². The molecule has 0 spiro atoms. The van der Waals surface area contributed by atoms with Crippen LogP contribution >= 0.6 is 0 Å². The van der Waals surface area contributed by atoms with E-state index in [-0.39, 0.29) is 6.04 Å². The number of ether oxygens (including phenoxy) is 1. The van der Waals surface area contributed by atoms with Crippen molar-refractivity contribution in [1.29, 1.82) is 0 Å². The van der Waals surface area contributed by atoms with Gasteiger partial charge < -0.3 is 10.5 Å². The van der Waals surface area contributed by atoms with Crippen LogP contribution < -0.4 is 10.5 Å². The van der Waals surface area contributed by atoms with Crippen LogP contribution in [-0.2, 0) is 6.42 Å². The summed E-state index contributed by atoms with van der Waals surface area (Å²) in [5.74, 6) is 0.939. The lowest BCUT2D eigenvalue weighted by molar-refractivity contribution is 0.339. The third-order valence-corrected chi connectivity index (χ3v) is 2.30. The van der Waals surface area contributed by atoms with Gasteiger partial charge in [0.15, 0.2) is 0 Å². The second-order valence-electron chi connectivity index (χ2n) is 3.44. The molecule has 0 aliphatic rings. The Labute approximate surface area is 86.1 Å². The van der Waals surface area contributed by atoms with Crippen LogP contribution in [0.5, 0.6) is 5.75 Å². The van der Waals surface area contributed by atoms with Crippen LogP contribution in [0.1, 0.15) is 37.9 Å². The zero-order valence-electron chi connectivity index (χ0n) is 9.21. The first-order valence-corrected chi connectivity index (χ1v) is 5.20. The van der Waals surface area contributed by atoms with Gasteiger partial charge in [0.1, 0.15) is 5.75 Å². The molecule has 14 heavy (non-hydrogen) atoms. The fourth-order valence-corrected chi connectivity index (χ4v) is 1.59. The molecule has 0 aromatic heterocycles. The van der Waals surface area contributed by atoms with E-state index in [1.807, 2.05) is 19.9 Å². The van der Waals surface area contributed by atoms with Crippen molar-refractivity contribution in [1.82, 2.24) is 0 Å². The van der Waals surface area contributed by atoms with Gasteiger partial charge in [-0.25, -0.2) is 0 Å². The van der Waals surface area contributed by atoms with Gasteiger partial charge in [0, 0.05) is 6.04 Å². The highest BCUT2D eigenvalue weighted by atomic mass is 16.5. The monoisotopic (exact) mass is 193 g/mol. The maximum absolute atomic E-state index is 5.87. The smallest absolute Gasteiger partial charge is 0.119 e. The average molecular weight is 193 g/mol. The minimum Gasteiger partial charge on any atom is -0.494 e. The molecule has 2 nitrogen and oxygen atoms in total. The molecule has 1 atom stereocenters. The molecule has 1 aromatic carbocycles. The van der Waals surface area contributed by atoms with Gasteiger partial charge in [-0.1, -0.05) is 13.0 Å². The Hall–Kier alpha value is -1.02.